The van der Waals surface area contributed by atoms with Crippen LogP contribution in [0, 0.1) is 11.6 Å². The van der Waals surface area contributed by atoms with E-state index in [9.17, 15) is 8.78 Å². The molecule has 0 radical (unpaired) electrons. The summed E-state index contributed by atoms with van der Waals surface area (Å²) in [6, 6.07) is 7.89. The molecule has 1 aromatic carbocycles. The van der Waals surface area contributed by atoms with Crippen LogP contribution in [0.5, 0.6) is 0 Å². The predicted octanol–water partition coefficient (Wildman–Crippen LogP) is 4.12. The van der Waals surface area contributed by atoms with Crippen molar-refractivity contribution in [2.45, 2.75) is 19.4 Å². The van der Waals surface area contributed by atoms with Crippen LogP contribution in [0.15, 0.2) is 35.7 Å². The second-order valence-corrected chi connectivity index (χ2v) is 5.02. The fraction of sp³-hybridized carbons (Fsp3) is 0.286. The average molecular weight is 267 g/mol. The highest BCUT2D eigenvalue weighted by Crippen LogP contribution is 2.28. The van der Waals surface area contributed by atoms with Gasteiger partial charge in [0.15, 0.2) is 11.6 Å². The van der Waals surface area contributed by atoms with Gasteiger partial charge in [-0.25, -0.2) is 8.78 Å². The van der Waals surface area contributed by atoms with Gasteiger partial charge in [0.25, 0.3) is 0 Å². The molecule has 1 atom stereocenters. The van der Waals surface area contributed by atoms with Gasteiger partial charge in [0.05, 0.1) is 6.04 Å². The number of benzene rings is 1. The van der Waals surface area contributed by atoms with Crippen molar-refractivity contribution in [3.8, 4) is 0 Å². The highest BCUT2D eigenvalue weighted by molar-refractivity contribution is 7.10. The summed E-state index contributed by atoms with van der Waals surface area (Å²) in [7, 11) is 0. The molecule has 0 aliphatic heterocycles. The summed E-state index contributed by atoms with van der Waals surface area (Å²) in [6.07, 6.45) is 0.943. The smallest absolute Gasteiger partial charge is 0.163 e. The Bertz CT molecular complexity index is 497. The van der Waals surface area contributed by atoms with Crippen LogP contribution in [0.1, 0.15) is 29.8 Å². The fourth-order valence-electron chi connectivity index (χ4n) is 1.85. The lowest BCUT2D eigenvalue weighted by molar-refractivity contribution is 0.481. The van der Waals surface area contributed by atoms with Gasteiger partial charge in [0.2, 0.25) is 0 Å². The van der Waals surface area contributed by atoms with Crippen molar-refractivity contribution in [2.24, 2.45) is 0 Å². The van der Waals surface area contributed by atoms with Crippen LogP contribution in [0.2, 0.25) is 0 Å². The maximum absolute atomic E-state index is 13.9. The molecule has 1 heterocycles. The number of halogens is 2. The van der Waals surface area contributed by atoms with Crippen LogP contribution in [-0.2, 0) is 0 Å². The summed E-state index contributed by atoms with van der Waals surface area (Å²) in [5.41, 5.74) is 0.367. The molecule has 0 bridgehead atoms. The molecule has 0 aliphatic rings. The molecule has 0 aliphatic carbocycles. The van der Waals surface area contributed by atoms with E-state index < -0.39 is 11.6 Å². The van der Waals surface area contributed by atoms with E-state index in [0.717, 1.165) is 23.9 Å². The summed E-state index contributed by atoms with van der Waals surface area (Å²) in [5, 5.41) is 5.20. The van der Waals surface area contributed by atoms with Crippen molar-refractivity contribution in [3.63, 3.8) is 0 Å². The summed E-state index contributed by atoms with van der Waals surface area (Å²) < 4.78 is 27.2. The zero-order chi connectivity index (χ0) is 13.0. The summed E-state index contributed by atoms with van der Waals surface area (Å²) >= 11 is 1.54. The molecule has 1 unspecified atom stereocenters. The fourth-order valence-corrected chi connectivity index (χ4v) is 2.67. The molecular formula is C14H15F2NS. The molecule has 0 saturated carbocycles. The standard InChI is InChI=1S/C14H15F2NS/c1-2-8-17-14(12-7-4-9-18-12)10-5-3-6-11(15)13(10)16/h3-7,9,14,17H,2,8H2,1H3. The Morgan fingerprint density at radius 2 is 2.06 bits per heavy atom. The third-order valence-electron chi connectivity index (χ3n) is 2.72. The number of nitrogens with one attached hydrogen (secondary N) is 1. The molecule has 1 N–H and O–H groups in total. The van der Waals surface area contributed by atoms with Crippen LogP contribution in [0.3, 0.4) is 0 Å². The van der Waals surface area contributed by atoms with Crippen molar-refractivity contribution in [3.05, 3.63) is 57.8 Å². The Morgan fingerprint density at radius 1 is 1.22 bits per heavy atom. The minimum Gasteiger partial charge on any atom is -0.306 e. The molecule has 0 saturated heterocycles. The van der Waals surface area contributed by atoms with Crippen molar-refractivity contribution in [1.82, 2.24) is 5.32 Å². The van der Waals surface area contributed by atoms with E-state index in [2.05, 4.69) is 5.32 Å². The number of thiophene rings is 1. The average Bonchev–Trinajstić information content (AvgIpc) is 2.88. The SMILES string of the molecule is CCCNC(c1cccs1)c1cccc(F)c1F. The molecule has 4 heteroatoms. The lowest BCUT2D eigenvalue weighted by atomic mass is 10.0. The molecule has 0 amide bonds. The van der Waals surface area contributed by atoms with Gasteiger partial charge in [-0.2, -0.15) is 0 Å². The molecule has 18 heavy (non-hydrogen) atoms. The maximum Gasteiger partial charge on any atom is 0.163 e. The van der Waals surface area contributed by atoms with E-state index in [1.807, 2.05) is 24.4 Å². The van der Waals surface area contributed by atoms with Gasteiger partial charge in [0.1, 0.15) is 0 Å². The van der Waals surface area contributed by atoms with Crippen molar-refractivity contribution in [1.29, 1.82) is 0 Å². The topological polar surface area (TPSA) is 12.0 Å². The van der Waals surface area contributed by atoms with Crippen molar-refractivity contribution >= 4 is 11.3 Å². The molecule has 0 spiro atoms. The van der Waals surface area contributed by atoms with Crippen LogP contribution in [0.25, 0.3) is 0 Å². The van der Waals surface area contributed by atoms with E-state index in [-0.39, 0.29) is 6.04 Å². The van der Waals surface area contributed by atoms with E-state index in [1.165, 1.54) is 11.3 Å². The second-order valence-electron chi connectivity index (χ2n) is 4.05. The van der Waals surface area contributed by atoms with Crippen LogP contribution in [-0.4, -0.2) is 6.54 Å². The summed E-state index contributed by atoms with van der Waals surface area (Å²) in [5.74, 6) is -1.56. The van der Waals surface area contributed by atoms with Gasteiger partial charge < -0.3 is 5.32 Å². The molecule has 1 nitrogen and oxygen atoms in total. The lowest BCUT2D eigenvalue weighted by Gasteiger charge is -2.18. The molecule has 0 fully saturated rings. The predicted molar refractivity (Wildman–Crippen MR) is 70.8 cm³/mol. The maximum atomic E-state index is 13.9. The third kappa shape index (κ3) is 2.76. The van der Waals surface area contributed by atoms with Gasteiger partial charge in [0, 0.05) is 10.4 Å². The van der Waals surface area contributed by atoms with Gasteiger partial charge in [-0.15, -0.1) is 11.3 Å². The number of hydrogen-bond acceptors (Lipinski definition) is 2. The van der Waals surface area contributed by atoms with E-state index in [1.54, 1.807) is 12.1 Å². The second kappa shape index (κ2) is 6.07. The first kappa shape index (κ1) is 13.2. The van der Waals surface area contributed by atoms with E-state index >= 15 is 0 Å². The Hall–Kier alpha value is -1.26. The lowest BCUT2D eigenvalue weighted by Crippen LogP contribution is -2.23. The minimum atomic E-state index is -0.799. The van der Waals surface area contributed by atoms with Crippen LogP contribution in [0.4, 0.5) is 8.78 Å². The van der Waals surface area contributed by atoms with Gasteiger partial charge >= 0.3 is 0 Å². The zero-order valence-electron chi connectivity index (χ0n) is 10.1. The molecule has 1 aromatic heterocycles. The third-order valence-corrected chi connectivity index (χ3v) is 3.66. The summed E-state index contributed by atoms with van der Waals surface area (Å²) in [4.78, 5) is 0.993. The van der Waals surface area contributed by atoms with Gasteiger partial charge in [-0.05, 0) is 30.5 Å². The quantitative estimate of drug-likeness (QED) is 0.859. The first-order valence-electron chi connectivity index (χ1n) is 5.94. The Balaban J connectivity index is 2.37. The monoisotopic (exact) mass is 267 g/mol. The zero-order valence-corrected chi connectivity index (χ0v) is 10.9. The molecule has 2 rings (SSSR count). The number of rotatable bonds is 5. The van der Waals surface area contributed by atoms with Crippen molar-refractivity contribution < 1.29 is 8.78 Å². The van der Waals surface area contributed by atoms with Gasteiger partial charge in [-0.3, -0.25) is 0 Å². The first-order valence-corrected chi connectivity index (χ1v) is 6.82. The van der Waals surface area contributed by atoms with Crippen LogP contribution < -0.4 is 5.32 Å². The summed E-state index contributed by atoms with van der Waals surface area (Å²) in [6.45, 7) is 2.80. The van der Waals surface area contributed by atoms with E-state index in [0.29, 0.717) is 5.56 Å². The first-order chi connectivity index (χ1) is 8.74. The van der Waals surface area contributed by atoms with Gasteiger partial charge in [-0.1, -0.05) is 25.1 Å². The highest BCUT2D eigenvalue weighted by Gasteiger charge is 2.19. The highest BCUT2D eigenvalue weighted by atomic mass is 32.1. The molecule has 96 valence electrons. The minimum absolute atomic E-state index is 0.277. The number of hydrogen-bond donors (Lipinski definition) is 1. The Kier molecular flexibility index (Phi) is 4.44. The Labute approximate surface area is 109 Å². The van der Waals surface area contributed by atoms with E-state index in [4.69, 9.17) is 0 Å². The Morgan fingerprint density at radius 3 is 2.72 bits per heavy atom. The normalized spacial score (nSPS) is 12.6. The molecule has 2 aromatic rings. The van der Waals surface area contributed by atoms with Crippen LogP contribution >= 0.6 is 11.3 Å². The largest absolute Gasteiger partial charge is 0.306 e. The molecular weight excluding hydrogens is 252 g/mol. The van der Waals surface area contributed by atoms with Crippen molar-refractivity contribution in [2.75, 3.05) is 6.54 Å².